The van der Waals surface area contributed by atoms with Crippen LogP contribution < -0.4 is 0 Å². The molecule has 0 saturated carbocycles. The highest BCUT2D eigenvalue weighted by atomic mass is 16.5. The summed E-state index contributed by atoms with van der Waals surface area (Å²) in [4.78, 5) is 14.5. The van der Waals surface area contributed by atoms with Crippen LogP contribution in [-0.4, -0.2) is 39.8 Å². The van der Waals surface area contributed by atoms with Gasteiger partial charge in [-0.15, -0.1) is 0 Å². The second-order valence-corrected chi connectivity index (χ2v) is 6.01. The van der Waals surface area contributed by atoms with Crippen molar-refractivity contribution in [2.24, 2.45) is 0 Å². The van der Waals surface area contributed by atoms with E-state index in [1.54, 1.807) is 6.20 Å². The Morgan fingerprint density at radius 3 is 2.91 bits per heavy atom. The molecule has 1 fully saturated rings. The molecule has 1 amide bonds. The highest BCUT2D eigenvalue weighted by Gasteiger charge is 2.28. The number of amides is 1. The van der Waals surface area contributed by atoms with Gasteiger partial charge in [-0.1, -0.05) is 30.3 Å². The largest absolute Gasteiger partial charge is 0.364 e. The Morgan fingerprint density at radius 1 is 1.35 bits per heavy atom. The summed E-state index contributed by atoms with van der Waals surface area (Å²) < 4.78 is 7.71. The lowest BCUT2D eigenvalue weighted by molar-refractivity contribution is -0.145. The van der Waals surface area contributed by atoms with Crippen molar-refractivity contribution in [2.75, 3.05) is 13.1 Å². The fourth-order valence-electron chi connectivity index (χ4n) is 2.99. The van der Waals surface area contributed by atoms with E-state index in [1.165, 1.54) is 0 Å². The summed E-state index contributed by atoms with van der Waals surface area (Å²) in [7, 11) is 0. The van der Waals surface area contributed by atoms with Crippen molar-refractivity contribution in [3.05, 3.63) is 54.4 Å². The molecular weight excluding hydrogens is 290 g/mol. The van der Waals surface area contributed by atoms with Gasteiger partial charge in [-0.2, -0.15) is 5.10 Å². The summed E-state index contributed by atoms with van der Waals surface area (Å²) in [6, 6.07) is 12.1. The molecule has 122 valence electrons. The van der Waals surface area contributed by atoms with Crippen LogP contribution in [0.4, 0.5) is 0 Å². The standard InChI is InChI=1S/C18H23N3O2/c1-15(23-14-16-7-3-2-4-8-16)18(22)20-11-5-9-17(13-20)21-12-6-10-19-21/h2-4,6-8,10,12,15,17H,5,9,11,13-14H2,1H3/t15-,17+/m0/s1. The van der Waals surface area contributed by atoms with E-state index in [-0.39, 0.29) is 11.9 Å². The Labute approximate surface area is 136 Å². The molecule has 0 bridgehead atoms. The van der Waals surface area contributed by atoms with Crippen LogP contribution >= 0.6 is 0 Å². The number of likely N-dealkylation sites (tertiary alicyclic amines) is 1. The number of carbonyl (C=O) groups excluding carboxylic acids is 1. The van der Waals surface area contributed by atoms with Crippen LogP contribution in [-0.2, 0) is 16.1 Å². The molecule has 0 aliphatic carbocycles. The van der Waals surface area contributed by atoms with Crippen molar-refractivity contribution in [3.63, 3.8) is 0 Å². The first-order valence-corrected chi connectivity index (χ1v) is 8.17. The minimum Gasteiger partial charge on any atom is -0.364 e. The van der Waals surface area contributed by atoms with Gasteiger partial charge in [0.1, 0.15) is 6.10 Å². The first-order valence-electron chi connectivity index (χ1n) is 8.17. The van der Waals surface area contributed by atoms with Gasteiger partial charge in [-0.25, -0.2) is 0 Å². The molecule has 0 unspecified atom stereocenters. The van der Waals surface area contributed by atoms with Crippen LogP contribution in [0, 0.1) is 0 Å². The van der Waals surface area contributed by atoms with Gasteiger partial charge in [-0.05, 0) is 31.4 Å². The summed E-state index contributed by atoms with van der Waals surface area (Å²) in [5, 5.41) is 4.30. The maximum absolute atomic E-state index is 12.6. The average Bonchev–Trinajstić information content (AvgIpc) is 3.15. The van der Waals surface area contributed by atoms with Crippen LogP contribution in [0.2, 0.25) is 0 Å². The van der Waals surface area contributed by atoms with Gasteiger partial charge >= 0.3 is 0 Å². The molecule has 1 aromatic heterocycles. The summed E-state index contributed by atoms with van der Waals surface area (Å²) in [5.74, 6) is 0.0674. The quantitative estimate of drug-likeness (QED) is 0.852. The Bertz CT molecular complexity index is 612. The molecule has 5 nitrogen and oxygen atoms in total. The van der Waals surface area contributed by atoms with Crippen LogP contribution in [0.1, 0.15) is 31.4 Å². The highest BCUT2D eigenvalue weighted by Crippen LogP contribution is 2.21. The summed E-state index contributed by atoms with van der Waals surface area (Å²) in [5.41, 5.74) is 1.08. The lowest BCUT2D eigenvalue weighted by Gasteiger charge is -2.34. The first kappa shape index (κ1) is 15.7. The highest BCUT2D eigenvalue weighted by molar-refractivity contribution is 5.80. The molecule has 3 rings (SSSR count). The maximum atomic E-state index is 12.6. The molecule has 0 spiro atoms. The molecule has 2 atom stereocenters. The van der Waals surface area contributed by atoms with Gasteiger partial charge in [0.15, 0.2) is 0 Å². The van der Waals surface area contributed by atoms with E-state index in [1.807, 2.05) is 59.1 Å². The van der Waals surface area contributed by atoms with E-state index >= 15 is 0 Å². The Hall–Kier alpha value is -2.14. The van der Waals surface area contributed by atoms with Crippen LogP contribution in [0.5, 0.6) is 0 Å². The maximum Gasteiger partial charge on any atom is 0.251 e. The van der Waals surface area contributed by atoms with E-state index in [9.17, 15) is 4.79 Å². The van der Waals surface area contributed by atoms with E-state index in [0.717, 1.165) is 24.9 Å². The van der Waals surface area contributed by atoms with Crippen molar-refractivity contribution in [2.45, 2.75) is 38.5 Å². The second kappa shape index (κ2) is 7.42. The van der Waals surface area contributed by atoms with Crippen molar-refractivity contribution in [1.82, 2.24) is 14.7 Å². The minimum absolute atomic E-state index is 0.0674. The molecule has 1 aliphatic rings. The van der Waals surface area contributed by atoms with E-state index in [2.05, 4.69) is 5.10 Å². The lowest BCUT2D eigenvalue weighted by atomic mass is 10.1. The van der Waals surface area contributed by atoms with Crippen LogP contribution in [0.25, 0.3) is 0 Å². The number of carbonyl (C=O) groups is 1. The Balaban J connectivity index is 1.54. The molecule has 2 aromatic rings. The Kier molecular flexibility index (Phi) is 5.08. The normalized spacial score (nSPS) is 19.5. The number of nitrogens with zero attached hydrogens (tertiary/aromatic N) is 3. The Morgan fingerprint density at radius 2 is 2.17 bits per heavy atom. The van der Waals surface area contributed by atoms with Gasteiger partial charge in [0, 0.05) is 25.5 Å². The molecular formula is C18H23N3O2. The fraction of sp³-hybridized carbons (Fsp3) is 0.444. The third-order valence-corrected chi connectivity index (χ3v) is 4.30. The van der Waals surface area contributed by atoms with Gasteiger partial charge in [0.2, 0.25) is 0 Å². The predicted octanol–water partition coefficient (Wildman–Crippen LogP) is 2.65. The van der Waals surface area contributed by atoms with Gasteiger partial charge in [0.05, 0.1) is 12.6 Å². The summed E-state index contributed by atoms with van der Waals surface area (Å²) >= 11 is 0. The minimum atomic E-state index is -0.424. The van der Waals surface area contributed by atoms with Crippen molar-refractivity contribution >= 4 is 5.91 Å². The summed E-state index contributed by atoms with van der Waals surface area (Å²) in [6.07, 6.45) is 5.39. The van der Waals surface area contributed by atoms with Crippen LogP contribution in [0.15, 0.2) is 48.8 Å². The number of benzene rings is 1. The predicted molar refractivity (Wildman–Crippen MR) is 87.8 cm³/mol. The van der Waals surface area contributed by atoms with E-state index in [0.29, 0.717) is 13.2 Å². The molecule has 23 heavy (non-hydrogen) atoms. The number of ether oxygens (including phenoxy) is 1. The SMILES string of the molecule is C[C@H](OCc1ccccc1)C(=O)N1CCC[C@@H](n2cccn2)C1. The lowest BCUT2D eigenvalue weighted by Crippen LogP contribution is -2.45. The zero-order valence-corrected chi connectivity index (χ0v) is 13.5. The van der Waals surface area contributed by atoms with E-state index < -0.39 is 6.10 Å². The first-order chi connectivity index (χ1) is 11.2. The molecule has 2 heterocycles. The van der Waals surface area contributed by atoms with Crippen LogP contribution in [0.3, 0.4) is 0 Å². The molecule has 5 heteroatoms. The fourth-order valence-corrected chi connectivity index (χ4v) is 2.99. The third kappa shape index (κ3) is 3.99. The third-order valence-electron chi connectivity index (χ3n) is 4.30. The second-order valence-electron chi connectivity index (χ2n) is 6.01. The van der Waals surface area contributed by atoms with Gasteiger partial charge in [-0.3, -0.25) is 9.48 Å². The monoisotopic (exact) mass is 313 g/mol. The smallest absolute Gasteiger partial charge is 0.251 e. The number of hydrogen-bond acceptors (Lipinski definition) is 3. The molecule has 0 radical (unpaired) electrons. The number of aromatic nitrogens is 2. The van der Waals surface area contributed by atoms with Gasteiger partial charge in [0.25, 0.3) is 5.91 Å². The molecule has 0 N–H and O–H groups in total. The molecule has 1 saturated heterocycles. The molecule has 1 aliphatic heterocycles. The van der Waals surface area contributed by atoms with Crippen molar-refractivity contribution in [3.8, 4) is 0 Å². The number of rotatable bonds is 5. The number of hydrogen-bond donors (Lipinski definition) is 0. The zero-order chi connectivity index (χ0) is 16.1. The van der Waals surface area contributed by atoms with Gasteiger partial charge < -0.3 is 9.64 Å². The van der Waals surface area contributed by atoms with Crippen molar-refractivity contribution < 1.29 is 9.53 Å². The number of piperidine rings is 1. The van der Waals surface area contributed by atoms with Crippen molar-refractivity contribution in [1.29, 1.82) is 0 Å². The topological polar surface area (TPSA) is 47.4 Å². The summed E-state index contributed by atoms with van der Waals surface area (Å²) in [6.45, 7) is 3.81. The average molecular weight is 313 g/mol. The zero-order valence-electron chi connectivity index (χ0n) is 13.5. The van der Waals surface area contributed by atoms with E-state index in [4.69, 9.17) is 4.74 Å². The molecule has 1 aromatic carbocycles.